The second-order valence-electron chi connectivity index (χ2n) is 5.75. The summed E-state index contributed by atoms with van der Waals surface area (Å²) in [6.07, 6.45) is 4.73. The van der Waals surface area contributed by atoms with Crippen LogP contribution in [-0.2, 0) is 11.2 Å². The van der Waals surface area contributed by atoms with Gasteiger partial charge >= 0.3 is 5.97 Å². The van der Waals surface area contributed by atoms with Crippen LogP contribution < -0.4 is 4.90 Å². The number of ether oxygens (including phenoxy) is 1. The summed E-state index contributed by atoms with van der Waals surface area (Å²) in [5, 5.41) is 9.85. The Morgan fingerprint density at radius 2 is 2.25 bits per heavy atom. The fourth-order valence-corrected chi connectivity index (χ4v) is 3.46. The van der Waals surface area contributed by atoms with E-state index in [1.54, 1.807) is 0 Å². The van der Waals surface area contributed by atoms with E-state index >= 15 is 0 Å². The number of aliphatic hydroxyl groups excluding tert-OH is 1. The summed E-state index contributed by atoms with van der Waals surface area (Å²) in [6, 6.07) is 6.29. The Hall–Kier alpha value is -1.55. The van der Waals surface area contributed by atoms with E-state index < -0.39 is 0 Å². The minimum Gasteiger partial charge on any atom is -0.465 e. The number of benzene rings is 1. The van der Waals surface area contributed by atoms with Crippen LogP contribution in [0.1, 0.15) is 41.6 Å². The zero-order chi connectivity index (χ0) is 14.1. The summed E-state index contributed by atoms with van der Waals surface area (Å²) in [4.78, 5) is 14.1. The highest BCUT2D eigenvalue weighted by Gasteiger charge is 2.30. The van der Waals surface area contributed by atoms with E-state index in [2.05, 4.69) is 4.90 Å². The molecule has 0 radical (unpaired) electrons. The topological polar surface area (TPSA) is 49.8 Å². The molecule has 2 aliphatic heterocycles. The van der Waals surface area contributed by atoms with Crippen LogP contribution in [-0.4, -0.2) is 36.9 Å². The van der Waals surface area contributed by atoms with Gasteiger partial charge in [-0.1, -0.05) is 0 Å². The molecule has 2 atom stereocenters. The van der Waals surface area contributed by atoms with Crippen LogP contribution in [0.25, 0.3) is 0 Å². The number of piperidine rings is 1. The first kappa shape index (κ1) is 13.4. The van der Waals surface area contributed by atoms with Crippen molar-refractivity contribution in [1.82, 2.24) is 0 Å². The van der Waals surface area contributed by atoms with Gasteiger partial charge in [0.15, 0.2) is 0 Å². The lowest BCUT2D eigenvalue weighted by Crippen LogP contribution is -2.44. The third-order valence-electron chi connectivity index (χ3n) is 4.48. The van der Waals surface area contributed by atoms with E-state index in [9.17, 15) is 9.90 Å². The van der Waals surface area contributed by atoms with Gasteiger partial charge in [-0.2, -0.15) is 0 Å². The van der Waals surface area contributed by atoms with Crippen LogP contribution in [0.4, 0.5) is 5.69 Å². The number of nitrogens with zero attached hydrogens (tertiary/aromatic N) is 1. The van der Waals surface area contributed by atoms with Crippen LogP contribution in [0.3, 0.4) is 0 Å². The molecule has 108 valence electrons. The third-order valence-corrected chi connectivity index (χ3v) is 4.48. The van der Waals surface area contributed by atoms with Gasteiger partial charge in [0.1, 0.15) is 0 Å². The summed E-state index contributed by atoms with van der Waals surface area (Å²) in [6.45, 7) is 0.899. The van der Waals surface area contributed by atoms with Crippen molar-refractivity contribution < 1.29 is 14.6 Å². The normalized spacial score (nSPS) is 25.4. The third kappa shape index (κ3) is 2.40. The molecule has 2 unspecified atom stereocenters. The second-order valence-corrected chi connectivity index (χ2v) is 5.75. The van der Waals surface area contributed by atoms with Crippen LogP contribution in [0, 0.1) is 0 Å². The van der Waals surface area contributed by atoms with Gasteiger partial charge in [0.2, 0.25) is 0 Å². The highest BCUT2D eigenvalue weighted by atomic mass is 16.5. The lowest BCUT2D eigenvalue weighted by Gasteiger charge is -2.39. The zero-order valence-electron chi connectivity index (χ0n) is 11.8. The molecule has 2 aliphatic rings. The molecule has 0 bridgehead atoms. The first-order valence-electron chi connectivity index (χ1n) is 7.35. The molecular formula is C16H21NO3. The molecule has 2 heterocycles. The highest BCUT2D eigenvalue weighted by Crippen LogP contribution is 2.34. The number of fused-ring (bicyclic) bond motifs is 3. The molecule has 20 heavy (non-hydrogen) atoms. The van der Waals surface area contributed by atoms with Crippen molar-refractivity contribution in [1.29, 1.82) is 0 Å². The number of hydrogen-bond acceptors (Lipinski definition) is 4. The maximum Gasteiger partial charge on any atom is 0.337 e. The first-order chi connectivity index (χ1) is 9.69. The maximum absolute atomic E-state index is 11.6. The van der Waals surface area contributed by atoms with Gasteiger partial charge in [0.25, 0.3) is 0 Å². The average Bonchev–Trinajstić information content (AvgIpc) is 2.64. The molecule has 0 amide bonds. The molecule has 1 aromatic carbocycles. The number of rotatable bonds is 1. The number of anilines is 1. The monoisotopic (exact) mass is 275 g/mol. The van der Waals surface area contributed by atoms with Crippen molar-refractivity contribution in [3.05, 3.63) is 29.3 Å². The molecule has 0 aromatic heterocycles. The van der Waals surface area contributed by atoms with Crippen molar-refractivity contribution in [3.63, 3.8) is 0 Å². The first-order valence-corrected chi connectivity index (χ1v) is 7.35. The molecule has 1 fully saturated rings. The molecule has 1 aromatic rings. The van der Waals surface area contributed by atoms with Crippen LogP contribution in [0.15, 0.2) is 18.2 Å². The fraction of sp³-hybridized carbons (Fsp3) is 0.562. The van der Waals surface area contributed by atoms with Gasteiger partial charge in [-0.25, -0.2) is 4.79 Å². The number of hydrogen-bond donors (Lipinski definition) is 1. The van der Waals surface area contributed by atoms with E-state index in [-0.39, 0.29) is 12.1 Å². The summed E-state index contributed by atoms with van der Waals surface area (Å²) < 4.78 is 4.79. The number of esters is 1. The van der Waals surface area contributed by atoms with Gasteiger partial charge in [0, 0.05) is 18.3 Å². The van der Waals surface area contributed by atoms with Crippen LogP contribution >= 0.6 is 0 Å². The summed E-state index contributed by atoms with van der Waals surface area (Å²) >= 11 is 0. The molecule has 4 nitrogen and oxygen atoms in total. The van der Waals surface area contributed by atoms with E-state index in [0.717, 1.165) is 38.6 Å². The van der Waals surface area contributed by atoms with E-state index in [1.807, 2.05) is 18.2 Å². The molecule has 4 heteroatoms. The minimum absolute atomic E-state index is 0.160. The minimum atomic E-state index is -0.275. The molecular weight excluding hydrogens is 254 g/mol. The standard InChI is InChI=1S/C16H21NO3/c1-20-16(19)12-5-6-15-11(9-12)3-2-4-13-10-14(18)7-8-17(13)15/h5-6,9,13-14,18H,2-4,7-8,10H2,1H3. The predicted octanol–water partition coefficient (Wildman–Crippen LogP) is 2.14. The number of carbonyl (C=O) groups excluding carboxylic acids is 1. The smallest absolute Gasteiger partial charge is 0.337 e. The van der Waals surface area contributed by atoms with E-state index in [0.29, 0.717) is 11.6 Å². The summed E-state index contributed by atoms with van der Waals surface area (Å²) in [5.41, 5.74) is 3.08. The largest absolute Gasteiger partial charge is 0.465 e. The van der Waals surface area contributed by atoms with Crippen molar-refractivity contribution in [2.75, 3.05) is 18.6 Å². The van der Waals surface area contributed by atoms with Crippen molar-refractivity contribution >= 4 is 11.7 Å². The molecule has 1 N–H and O–H groups in total. The van der Waals surface area contributed by atoms with Crippen molar-refractivity contribution in [2.45, 2.75) is 44.2 Å². The average molecular weight is 275 g/mol. The lowest BCUT2D eigenvalue weighted by atomic mass is 9.96. The van der Waals surface area contributed by atoms with Gasteiger partial charge in [-0.15, -0.1) is 0 Å². The van der Waals surface area contributed by atoms with Gasteiger partial charge < -0.3 is 14.7 Å². The maximum atomic E-state index is 11.6. The highest BCUT2D eigenvalue weighted by molar-refractivity contribution is 5.90. The van der Waals surface area contributed by atoms with E-state index in [1.165, 1.54) is 18.4 Å². The number of aliphatic hydroxyl groups is 1. The SMILES string of the molecule is COC(=O)c1ccc2c(c1)CCCC1CC(O)CCN21. The number of aryl methyl sites for hydroxylation is 1. The van der Waals surface area contributed by atoms with Crippen LogP contribution in [0.5, 0.6) is 0 Å². The Balaban J connectivity index is 1.93. The molecule has 1 saturated heterocycles. The Bertz CT molecular complexity index is 514. The Morgan fingerprint density at radius 3 is 3.05 bits per heavy atom. The van der Waals surface area contributed by atoms with Crippen molar-refractivity contribution in [2.24, 2.45) is 0 Å². The Labute approximate surface area is 119 Å². The quantitative estimate of drug-likeness (QED) is 0.798. The number of carbonyl (C=O) groups is 1. The molecule has 3 rings (SSSR count). The molecule has 0 aliphatic carbocycles. The van der Waals surface area contributed by atoms with E-state index in [4.69, 9.17) is 4.74 Å². The van der Waals surface area contributed by atoms with Gasteiger partial charge in [-0.05, 0) is 55.9 Å². The van der Waals surface area contributed by atoms with Gasteiger partial charge in [-0.3, -0.25) is 0 Å². The predicted molar refractivity (Wildman–Crippen MR) is 77.1 cm³/mol. The van der Waals surface area contributed by atoms with Gasteiger partial charge in [0.05, 0.1) is 18.8 Å². The van der Waals surface area contributed by atoms with Crippen LogP contribution in [0.2, 0.25) is 0 Å². The summed E-state index contributed by atoms with van der Waals surface area (Å²) in [7, 11) is 1.41. The second kappa shape index (κ2) is 5.44. The Morgan fingerprint density at radius 1 is 1.40 bits per heavy atom. The molecule has 0 spiro atoms. The summed E-state index contributed by atoms with van der Waals surface area (Å²) in [5.74, 6) is -0.275. The molecule has 0 saturated carbocycles. The Kier molecular flexibility index (Phi) is 3.66. The lowest BCUT2D eigenvalue weighted by molar-refractivity contribution is 0.0600. The zero-order valence-corrected chi connectivity index (χ0v) is 11.8. The fourth-order valence-electron chi connectivity index (χ4n) is 3.46. The number of methoxy groups -OCH3 is 1. The van der Waals surface area contributed by atoms with Crippen molar-refractivity contribution in [3.8, 4) is 0 Å².